The Hall–Kier alpha value is -1.39. The van der Waals surface area contributed by atoms with Crippen molar-refractivity contribution in [3.63, 3.8) is 0 Å². The Morgan fingerprint density at radius 1 is 0.793 bits per heavy atom. The summed E-state index contributed by atoms with van der Waals surface area (Å²) >= 11 is 6.02. The molecular formula is C25H34ClN3. The number of rotatable bonds is 7. The highest BCUT2D eigenvalue weighted by atomic mass is 35.5. The van der Waals surface area contributed by atoms with Crippen LogP contribution in [0.5, 0.6) is 0 Å². The van der Waals surface area contributed by atoms with Crippen molar-refractivity contribution in [3.8, 4) is 0 Å². The van der Waals surface area contributed by atoms with Crippen molar-refractivity contribution in [2.45, 2.75) is 50.7 Å². The molecule has 2 aromatic carbocycles. The number of likely N-dealkylation sites (tertiary alicyclic amines) is 2. The Labute approximate surface area is 181 Å². The molecule has 0 radical (unpaired) electrons. The van der Waals surface area contributed by atoms with E-state index in [-0.39, 0.29) is 0 Å². The van der Waals surface area contributed by atoms with E-state index in [1.807, 2.05) is 12.1 Å². The van der Waals surface area contributed by atoms with Gasteiger partial charge in [-0.3, -0.25) is 4.90 Å². The molecule has 156 valence electrons. The standard InChI is InChI=1S/C25H34ClN3/c26-23-10-8-22(9-11-23)19-29-15-4-7-25(20-29)27-24-13-17-28(18-14-24)16-12-21-5-2-1-3-6-21/h1-3,5-6,8-11,24-25,27H,4,7,12-20H2/t25-/m0/s1. The zero-order valence-electron chi connectivity index (χ0n) is 17.4. The molecule has 1 atom stereocenters. The van der Waals surface area contributed by atoms with Gasteiger partial charge in [-0.1, -0.05) is 54.1 Å². The van der Waals surface area contributed by atoms with Gasteiger partial charge in [-0.15, -0.1) is 0 Å². The molecule has 2 fully saturated rings. The average molecular weight is 412 g/mol. The summed E-state index contributed by atoms with van der Waals surface area (Å²) in [5, 5.41) is 4.81. The summed E-state index contributed by atoms with van der Waals surface area (Å²) in [4.78, 5) is 5.23. The monoisotopic (exact) mass is 411 g/mol. The number of piperidine rings is 2. The van der Waals surface area contributed by atoms with Crippen LogP contribution in [0.2, 0.25) is 5.02 Å². The quantitative estimate of drug-likeness (QED) is 0.718. The molecule has 2 heterocycles. The second kappa shape index (κ2) is 10.6. The van der Waals surface area contributed by atoms with E-state index in [0.717, 1.165) is 18.1 Å². The van der Waals surface area contributed by atoms with Crippen LogP contribution in [-0.4, -0.2) is 54.6 Å². The molecule has 0 unspecified atom stereocenters. The molecular weight excluding hydrogens is 378 g/mol. The molecule has 0 aliphatic carbocycles. The second-order valence-electron chi connectivity index (χ2n) is 8.72. The van der Waals surface area contributed by atoms with Gasteiger partial charge >= 0.3 is 0 Å². The third-order valence-electron chi connectivity index (χ3n) is 6.44. The molecule has 1 N–H and O–H groups in total. The van der Waals surface area contributed by atoms with Crippen LogP contribution in [0, 0.1) is 0 Å². The van der Waals surface area contributed by atoms with E-state index in [1.54, 1.807) is 0 Å². The normalized spacial score (nSPS) is 22.0. The fourth-order valence-corrected chi connectivity index (χ4v) is 4.90. The third kappa shape index (κ3) is 6.55. The minimum Gasteiger partial charge on any atom is -0.310 e. The van der Waals surface area contributed by atoms with Gasteiger partial charge in [0.2, 0.25) is 0 Å². The average Bonchev–Trinajstić information content (AvgIpc) is 2.76. The zero-order valence-corrected chi connectivity index (χ0v) is 18.2. The molecule has 2 aromatic rings. The summed E-state index contributed by atoms with van der Waals surface area (Å²) in [7, 11) is 0. The number of benzene rings is 2. The number of hydrogen-bond donors (Lipinski definition) is 1. The molecule has 2 aliphatic rings. The van der Waals surface area contributed by atoms with Crippen LogP contribution >= 0.6 is 11.6 Å². The molecule has 2 aliphatic heterocycles. The van der Waals surface area contributed by atoms with Crippen molar-refractivity contribution in [3.05, 3.63) is 70.7 Å². The van der Waals surface area contributed by atoms with Crippen LogP contribution in [0.15, 0.2) is 54.6 Å². The second-order valence-corrected chi connectivity index (χ2v) is 9.16. The molecule has 0 spiro atoms. The zero-order chi connectivity index (χ0) is 19.9. The Morgan fingerprint density at radius 3 is 2.31 bits per heavy atom. The van der Waals surface area contributed by atoms with Gasteiger partial charge in [0.15, 0.2) is 0 Å². The SMILES string of the molecule is Clc1ccc(CN2CCC[C@H](NC3CCN(CCc4ccccc4)CC3)C2)cc1. The van der Waals surface area contributed by atoms with Crippen LogP contribution in [0.3, 0.4) is 0 Å². The first kappa shape index (κ1) is 20.9. The molecule has 2 saturated heterocycles. The van der Waals surface area contributed by atoms with Gasteiger partial charge in [0.05, 0.1) is 0 Å². The Bertz CT molecular complexity index is 725. The van der Waals surface area contributed by atoms with E-state index in [2.05, 4.69) is 57.6 Å². The Kier molecular flexibility index (Phi) is 7.61. The fraction of sp³-hybridized carbons (Fsp3) is 0.520. The molecule has 0 saturated carbocycles. The number of nitrogens with one attached hydrogen (secondary N) is 1. The summed E-state index contributed by atoms with van der Waals surface area (Å²) in [6, 6.07) is 20.5. The highest BCUT2D eigenvalue weighted by Crippen LogP contribution is 2.18. The highest BCUT2D eigenvalue weighted by Gasteiger charge is 2.25. The van der Waals surface area contributed by atoms with Gasteiger partial charge in [0, 0.05) is 36.7 Å². The summed E-state index contributed by atoms with van der Waals surface area (Å²) in [6.45, 7) is 7.05. The van der Waals surface area contributed by atoms with Crippen LogP contribution in [-0.2, 0) is 13.0 Å². The van der Waals surface area contributed by atoms with Crippen molar-refractivity contribution in [2.24, 2.45) is 0 Å². The Balaban J connectivity index is 1.17. The highest BCUT2D eigenvalue weighted by molar-refractivity contribution is 6.30. The van der Waals surface area contributed by atoms with E-state index < -0.39 is 0 Å². The minimum absolute atomic E-state index is 0.636. The first-order valence-electron chi connectivity index (χ1n) is 11.2. The van der Waals surface area contributed by atoms with Crippen LogP contribution < -0.4 is 5.32 Å². The first-order chi connectivity index (χ1) is 14.2. The Morgan fingerprint density at radius 2 is 1.55 bits per heavy atom. The summed E-state index contributed by atoms with van der Waals surface area (Å²) < 4.78 is 0. The maximum Gasteiger partial charge on any atom is 0.0406 e. The lowest BCUT2D eigenvalue weighted by molar-refractivity contribution is 0.149. The van der Waals surface area contributed by atoms with E-state index in [1.165, 1.54) is 69.4 Å². The van der Waals surface area contributed by atoms with Crippen LogP contribution in [0.25, 0.3) is 0 Å². The molecule has 0 bridgehead atoms. The first-order valence-corrected chi connectivity index (χ1v) is 11.6. The van der Waals surface area contributed by atoms with Crippen molar-refractivity contribution in [1.82, 2.24) is 15.1 Å². The molecule has 0 amide bonds. The van der Waals surface area contributed by atoms with Crippen molar-refractivity contribution >= 4 is 11.6 Å². The fourth-order valence-electron chi connectivity index (χ4n) is 4.77. The van der Waals surface area contributed by atoms with Gasteiger partial charge in [-0.05, 0) is 75.0 Å². The molecule has 0 aromatic heterocycles. The van der Waals surface area contributed by atoms with E-state index in [0.29, 0.717) is 12.1 Å². The van der Waals surface area contributed by atoms with Crippen molar-refractivity contribution in [1.29, 1.82) is 0 Å². The maximum atomic E-state index is 6.02. The largest absolute Gasteiger partial charge is 0.310 e. The number of hydrogen-bond acceptors (Lipinski definition) is 3. The predicted molar refractivity (Wildman–Crippen MR) is 122 cm³/mol. The lowest BCUT2D eigenvalue weighted by atomic mass is 9.99. The van der Waals surface area contributed by atoms with Gasteiger partial charge in [-0.2, -0.15) is 0 Å². The predicted octanol–water partition coefficient (Wildman–Crippen LogP) is 4.60. The summed E-state index contributed by atoms with van der Waals surface area (Å²) in [6.07, 6.45) is 6.33. The number of halogens is 1. The summed E-state index contributed by atoms with van der Waals surface area (Å²) in [5.74, 6) is 0. The lowest BCUT2D eigenvalue weighted by Crippen LogP contribution is -2.51. The lowest BCUT2D eigenvalue weighted by Gasteiger charge is -2.38. The van der Waals surface area contributed by atoms with Crippen LogP contribution in [0.1, 0.15) is 36.8 Å². The van der Waals surface area contributed by atoms with Gasteiger partial charge in [0.25, 0.3) is 0 Å². The minimum atomic E-state index is 0.636. The molecule has 4 heteroatoms. The maximum absolute atomic E-state index is 6.02. The van der Waals surface area contributed by atoms with E-state index in [4.69, 9.17) is 11.6 Å². The van der Waals surface area contributed by atoms with E-state index in [9.17, 15) is 0 Å². The van der Waals surface area contributed by atoms with Crippen LogP contribution in [0.4, 0.5) is 0 Å². The van der Waals surface area contributed by atoms with Crippen molar-refractivity contribution < 1.29 is 0 Å². The van der Waals surface area contributed by atoms with E-state index >= 15 is 0 Å². The molecule has 4 rings (SSSR count). The third-order valence-corrected chi connectivity index (χ3v) is 6.70. The molecule has 3 nitrogen and oxygen atoms in total. The van der Waals surface area contributed by atoms with Gasteiger partial charge in [-0.25, -0.2) is 0 Å². The smallest absolute Gasteiger partial charge is 0.0406 e. The van der Waals surface area contributed by atoms with Crippen molar-refractivity contribution in [2.75, 3.05) is 32.7 Å². The molecule has 29 heavy (non-hydrogen) atoms. The topological polar surface area (TPSA) is 18.5 Å². The van der Waals surface area contributed by atoms with Gasteiger partial charge in [0.1, 0.15) is 0 Å². The summed E-state index contributed by atoms with van der Waals surface area (Å²) in [5.41, 5.74) is 2.82. The van der Waals surface area contributed by atoms with Gasteiger partial charge < -0.3 is 10.2 Å². The number of nitrogens with zero attached hydrogens (tertiary/aromatic N) is 2.